The van der Waals surface area contributed by atoms with E-state index in [4.69, 9.17) is 0 Å². The molecule has 0 bridgehead atoms. The first kappa shape index (κ1) is 11.4. The molecule has 0 heterocycles. The highest BCUT2D eigenvalue weighted by Crippen LogP contribution is 2.15. The van der Waals surface area contributed by atoms with Gasteiger partial charge in [-0.2, -0.15) is 5.10 Å². The molecule has 3 nitrogen and oxygen atoms in total. The number of aryl methyl sites for hydroxylation is 1. The zero-order valence-electron chi connectivity index (χ0n) is 9.59. The fourth-order valence-corrected chi connectivity index (χ4v) is 1.31. The molecule has 0 saturated carbocycles. The molecule has 1 N–H and O–H groups in total. The Bertz CT molecular complexity index is 408. The second kappa shape index (κ2) is 4.73. The molecule has 0 fully saturated rings. The standard InChI is InChI=1S/C12H16N2O/c1-8-5-6-12(10(3)9(8)2)7-13-14-11(4)15/h5-7H,1-4H3,(H,14,15)/b13-7-. The van der Waals surface area contributed by atoms with Gasteiger partial charge < -0.3 is 0 Å². The quantitative estimate of drug-likeness (QED) is 0.581. The Balaban J connectivity index is 2.92. The number of hydrogen-bond donors (Lipinski definition) is 1. The first-order valence-electron chi connectivity index (χ1n) is 4.89. The fourth-order valence-electron chi connectivity index (χ4n) is 1.31. The number of carbonyl (C=O) groups is 1. The third-order valence-corrected chi connectivity index (χ3v) is 2.53. The van der Waals surface area contributed by atoms with E-state index in [1.54, 1.807) is 6.21 Å². The van der Waals surface area contributed by atoms with Gasteiger partial charge in [0.1, 0.15) is 0 Å². The summed E-state index contributed by atoms with van der Waals surface area (Å²) >= 11 is 0. The van der Waals surface area contributed by atoms with E-state index < -0.39 is 0 Å². The van der Waals surface area contributed by atoms with Crippen LogP contribution in [0.5, 0.6) is 0 Å². The number of carbonyl (C=O) groups excluding carboxylic acids is 1. The number of hydrazone groups is 1. The van der Waals surface area contributed by atoms with E-state index in [0.717, 1.165) is 5.56 Å². The summed E-state index contributed by atoms with van der Waals surface area (Å²) < 4.78 is 0. The Morgan fingerprint density at radius 2 is 1.93 bits per heavy atom. The van der Waals surface area contributed by atoms with Crippen molar-refractivity contribution >= 4 is 12.1 Å². The van der Waals surface area contributed by atoms with Crippen LogP contribution in [0, 0.1) is 20.8 Å². The summed E-state index contributed by atoms with van der Waals surface area (Å²) in [7, 11) is 0. The SMILES string of the molecule is CC(=O)N/N=C\c1ccc(C)c(C)c1C. The van der Waals surface area contributed by atoms with Crippen LogP contribution in [0.1, 0.15) is 29.2 Å². The van der Waals surface area contributed by atoms with Crippen LogP contribution < -0.4 is 5.43 Å². The lowest BCUT2D eigenvalue weighted by Crippen LogP contribution is -2.12. The maximum atomic E-state index is 10.6. The van der Waals surface area contributed by atoms with Gasteiger partial charge in [0.2, 0.25) is 5.91 Å². The van der Waals surface area contributed by atoms with E-state index in [0.29, 0.717) is 0 Å². The minimum Gasteiger partial charge on any atom is -0.274 e. The van der Waals surface area contributed by atoms with Crippen molar-refractivity contribution in [2.75, 3.05) is 0 Å². The van der Waals surface area contributed by atoms with Crippen molar-refractivity contribution in [2.45, 2.75) is 27.7 Å². The third-order valence-electron chi connectivity index (χ3n) is 2.53. The van der Waals surface area contributed by atoms with Gasteiger partial charge in [0.15, 0.2) is 0 Å². The van der Waals surface area contributed by atoms with Crippen LogP contribution in [-0.4, -0.2) is 12.1 Å². The largest absolute Gasteiger partial charge is 0.274 e. The van der Waals surface area contributed by atoms with Crippen molar-refractivity contribution < 1.29 is 4.79 Å². The van der Waals surface area contributed by atoms with E-state index >= 15 is 0 Å². The number of hydrogen-bond acceptors (Lipinski definition) is 2. The predicted molar refractivity (Wildman–Crippen MR) is 62.1 cm³/mol. The third kappa shape index (κ3) is 2.91. The van der Waals surface area contributed by atoms with Gasteiger partial charge in [0.05, 0.1) is 6.21 Å². The topological polar surface area (TPSA) is 41.5 Å². The first-order valence-corrected chi connectivity index (χ1v) is 4.89. The summed E-state index contributed by atoms with van der Waals surface area (Å²) in [5.74, 6) is -0.160. The van der Waals surface area contributed by atoms with Gasteiger partial charge in [-0.15, -0.1) is 0 Å². The molecule has 0 atom stereocenters. The van der Waals surface area contributed by atoms with Crippen molar-refractivity contribution in [1.82, 2.24) is 5.43 Å². The van der Waals surface area contributed by atoms with E-state index in [1.165, 1.54) is 23.6 Å². The maximum Gasteiger partial charge on any atom is 0.236 e. The molecular formula is C12H16N2O. The lowest BCUT2D eigenvalue weighted by atomic mass is 10.00. The van der Waals surface area contributed by atoms with Gasteiger partial charge in [-0.05, 0) is 43.0 Å². The summed E-state index contributed by atoms with van der Waals surface area (Å²) in [5, 5.41) is 3.85. The van der Waals surface area contributed by atoms with E-state index in [2.05, 4.69) is 37.4 Å². The minimum atomic E-state index is -0.160. The molecule has 0 radical (unpaired) electrons. The Hall–Kier alpha value is -1.64. The monoisotopic (exact) mass is 204 g/mol. The Kier molecular flexibility index (Phi) is 3.61. The molecule has 3 heteroatoms. The van der Waals surface area contributed by atoms with Gasteiger partial charge in [0.25, 0.3) is 0 Å². The number of nitrogens with one attached hydrogen (secondary N) is 1. The summed E-state index contributed by atoms with van der Waals surface area (Å²) in [4.78, 5) is 10.6. The fraction of sp³-hybridized carbons (Fsp3) is 0.333. The van der Waals surface area contributed by atoms with E-state index in [-0.39, 0.29) is 5.91 Å². The summed E-state index contributed by atoms with van der Waals surface area (Å²) in [5.41, 5.74) is 7.15. The van der Waals surface area contributed by atoms with Crippen molar-refractivity contribution in [3.8, 4) is 0 Å². The van der Waals surface area contributed by atoms with Crippen molar-refractivity contribution in [3.05, 3.63) is 34.4 Å². The Morgan fingerprint density at radius 3 is 2.53 bits per heavy atom. The molecule has 15 heavy (non-hydrogen) atoms. The molecule has 0 unspecified atom stereocenters. The second-order valence-corrected chi connectivity index (χ2v) is 3.65. The number of nitrogens with zero attached hydrogens (tertiary/aromatic N) is 1. The molecule has 1 amide bonds. The number of benzene rings is 1. The maximum absolute atomic E-state index is 10.6. The second-order valence-electron chi connectivity index (χ2n) is 3.65. The Labute approximate surface area is 90.2 Å². The summed E-state index contributed by atoms with van der Waals surface area (Å²) in [6, 6.07) is 4.06. The number of rotatable bonds is 2. The molecule has 0 saturated heterocycles. The van der Waals surface area contributed by atoms with Crippen LogP contribution in [0.2, 0.25) is 0 Å². The molecule has 1 aromatic carbocycles. The van der Waals surface area contributed by atoms with Crippen LogP contribution in [0.3, 0.4) is 0 Å². The Morgan fingerprint density at radius 1 is 1.27 bits per heavy atom. The summed E-state index contributed by atoms with van der Waals surface area (Å²) in [6.45, 7) is 7.65. The lowest BCUT2D eigenvalue weighted by molar-refractivity contribution is -0.118. The summed E-state index contributed by atoms with van der Waals surface area (Å²) in [6.07, 6.45) is 1.67. The van der Waals surface area contributed by atoms with Crippen LogP contribution in [0.25, 0.3) is 0 Å². The van der Waals surface area contributed by atoms with E-state index in [9.17, 15) is 4.79 Å². The highest BCUT2D eigenvalue weighted by molar-refractivity contribution is 5.83. The van der Waals surface area contributed by atoms with Gasteiger partial charge in [-0.1, -0.05) is 12.1 Å². The van der Waals surface area contributed by atoms with Gasteiger partial charge >= 0.3 is 0 Å². The zero-order chi connectivity index (χ0) is 11.4. The number of amides is 1. The van der Waals surface area contributed by atoms with Gasteiger partial charge in [-0.25, -0.2) is 5.43 Å². The van der Waals surface area contributed by atoms with Crippen molar-refractivity contribution in [3.63, 3.8) is 0 Å². The first-order chi connectivity index (χ1) is 7.02. The average molecular weight is 204 g/mol. The molecular weight excluding hydrogens is 188 g/mol. The van der Waals surface area contributed by atoms with Crippen LogP contribution >= 0.6 is 0 Å². The van der Waals surface area contributed by atoms with Crippen LogP contribution in [0.4, 0.5) is 0 Å². The van der Waals surface area contributed by atoms with Gasteiger partial charge in [-0.3, -0.25) is 4.79 Å². The lowest BCUT2D eigenvalue weighted by Gasteiger charge is -2.07. The van der Waals surface area contributed by atoms with Crippen LogP contribution in [0.15, 0.2) is 17.2 Å². The molecule has 0 aromatic heterocycles. The molecule has 0 aliphatic carbocycles. The van der Waals surface area contributed by atoms with Crippen LogP contribution in [-0.2, 0) is 4.79 Å². The zero-order valence-corrected chi connectivity index (χ0v) is 9.59. The normalized spacial score (nSPS) is 10.7. The molecule has 80 valence electrons. The predicted octanol–water partition coefficient (Wildman–Crippen LogP) is 2.08. The molecule has 1 aromatic rings. The molecule has 0 spiro atoms. The molecule has 0 aliphatic heterocycles. The minimum absolute atomic E-state index is 0.160. The highest BCUT2D eigenvalue weighted by atomic mass is 16.2. The molecule has 1 rings (SSSR count). The van der Waals surface area contributed by atoms with E-state index in [1.807, 2.05) is 6.07 Å². The molecule has 0 aliphatic rings. The highest BCUT2D eigenvalue weighted by Gasteiger charge is 2.01. The average Bonchev–Trinajstić information content (AvgIpc) is 2.18. The smallest absolute Gasteiger partial charge is 0.236 e. The van der Waals surface area contributed by atoms with Crippen molar-refractivity contribution in [1.29, 1.82) is 0 Å². The van der Waals surface area contributed by atoms with Gasteiger partial charge in [0, 0.05) is 6.92 Å². The van der Waals surface area contributed by atoms with Crippen molar-refractivity contribution in [2.24, 2.45) is 5.10 Å².